The van der Waals surface area contributed by atoms with Crippen LogP contribution in [0.1, 0.15) is 28.4 Å². The number of benzene rings is 1. The number of alkyl halides is 3. The highest BCUT2D eigenvalue weighted by atomic mass is 32.1. The second-order valence-electron chi connectivity index (χ2n) is 8.89. The third kappa shape index (κ3) is 4.62. The molecule has 4 heterocycles. The molecule has 0 radical (unpaired) electrons. The average Bonchev–Trinajstić information content (AvgIpc) is 3.43. The van der Waals surface area contributed by atoms with E-state index in [0.29, 0.717) is 5.01 Å². The number of fused-ring (bicyclic) bond motifs is 1. The first kappa shape index (κ1) is 23.7. The molecule has 11 heteroatoms. The maximum Gasteiger partial charge on any atom is 0.434 e. The molecule has 5 rings (SSSR count). The molecule has 0 spiro atoms. The van der Waals surface area contributed by atoms with Crippen LogP contribution in [0.2, 0.25) is 0 Å². The normalized spacial score (nSPS) is 15.5. The van der Waals surface area contributed by atoms with Gasteiger partial charge in [-0.2, -0.15) is 18.3 Å². The molecule has 0 saturated carbocycles. The summed E-state index contributed by atoms with van der Waals surface area (Å²) in [6.45, 7) is 3.37. The molecule has 0 bridgehead atoms. The number of piperidine rings is 1. The SMILES string of the molecule is Cc1nc(C(F)(F)F)c(CN(C)C2CCN(c3nnc(-c4ccnn4C)c4ccccc34)CC2)s1. The third-order valence-corrected chi connectivity index (χ3v) is 7.54. The van der Waals surface area contributed by atoms with E-state index in [1.807, 2.05) is 43.3 Å². The zero-order valence-electron chi connectivity index (χ0n) is 19.7. The minimum atomic E-state index is -4.42. The number of anilines is 1. The van der Waals surface area contributed by atoms with E-state index in [-0.39, 0.29) is 17.5 Å². The zero-order valence-corrected chi connectivity index (χ0v) is 20.6. The van der Waals surface area contributed by atoms with E-state index in [2.05, 4.69) is 31.2 Å². The van der Waals surface area contributed by atoms with Crippen molar-refractivity contribution in [3.05, 3.63) is 52.1 Å². The molecular formula is C24H26F3N7S. The summed E-state index contributed by atoms with van der Waals surface area (Å²) in [5.74, 6) is 0.838. The van der Waals surface area contributed by atoms with Crippen LogP contribution < -0.4 is 4.90 Å². The summed E-state index contributed by atoms with van der Waals surface area (Å²) >= 11 is 1.13. The molecule has 1 saturated heterocycles. The van der Waals surface area contributed by atoms with Crippen molar-refractivity contribution in [2.75, 3.05) is 25.0 Å². The third-order valence-electron chi connectivity index (χ3n) is 6.58. The highest BCUT2D eigenvalue weighted by Gasteiger charge is 2.37. The van der Waals surface area contributed by atoms with E-state index in [1.165, 1.54) is 0 Å². The summed E-state index contributed by atoms with van der Waals surface area (Å²) in [5, 5.41) is 15.9. The molecule has 7 nitrogen and oxygen atoms in total. The van der Waals surface area contributed by atoms with E-state index in [1.54, 1.807) is 17.8 Å². The number of aromatic nitrogens is 5. The summed E-state index contributed by atoms with van der Waals surface area (Å²) in [5.41, 5.74) is 0.941. The first-order chi connectivity index (χ1) is 16.7. The molecule has 0 aliphatic carbocycles. The first-order valence-corrected chi connectivity index (χ1v) is 12.3. The van der Waals surface area contributed by atoms with Crippen molar-refractivity contribution in [3.63, 3.8) is 0 Å². The Morgan fingerprint density at radius 1 is 1.09 bits per heavy atom. The topological polar surface area (TPSA) is 63.0 Å². The van der Waals surface area contributed by atoms with Gasteiger partial charge in [0, 0.05) is 49.7 Å². The lowest BCUT2D eigenvalue weighted by Crippen LogP contribution is -2.43. The summed E-state index contributed by atoms with van der Waals surface area (Å²) in [7, 11) is 3.78. The lowest BCUT2D eigenvalue weighted by Gasteiger charge is -2.37. The molecule has 0 amide bonds. The van der Waals surface area contributed by atoms with Crippen LogP contribution >= 0.6 is 11.3 Å². The molecule has 1 aliphatic heterocycles. The maximum atomic E-state index is 13.4. The second kappa shape index (κ2) is 9.19. The van der Waals surface area contributed by atoms with Gasteiger partial charge in [0.1, 0.15) is 5.69 Å². The minimum Gasteiger partial charge on any atom is -0.354 e. The van der Waals surface area contributed by atoms with E-state index >= 15 is 0 Å². The number of aryl methyl sites for hydroxylation is 2. The highest BCUT2D eigenvalue weighted by molar-refractivity contribution is 7.11. The molecule has 0 N–H and O–H groups in total. The summed E-state index contributed by atoms with van der Waals surface area (Å²) in [4.78, 5) is 8.26. The fraction of sp³-hybridized carbons (Fsp3) is 0.417. The summed E-state index contributed by atoms with van der Waals surface area (Å²) in [6.07, 6.45) is -1.03. The van der Waals surface area contributed by atoms with Crippen LogP contribution in [0.5, 0.6) is 0 Å². The van der Waals surface area contributed by atoms with Crippen molar-refractivity contribution in [2.45, 2.75) is 38.5 Å². The van der Waals surface area contributed by atoms with Gasteiger partial charge in [-0.15, -0.1) is 21.5 Å². The fourth-order valence-electron chi connectivity index (χ4n) is 4.79. The Morgan fingerprint density at radius 2 is 1.80 bits per heavy atom. The monoisotopic (exact) mass is 501 g/mol. The van der Waals surface area contributed by atoms with Crippen LogP contribution in [-0.4, -0.2) is 56.0 Å². The van der Waals surface area contributed by atoms with Crippen LogP contribution in [-0.2, 0) is 19.8 Å². The zero-order chi connectivity index (χ0) is 24.7. The molecule has 0 atom stereocenters. The van der Waals surface area contributed by atoms with Gasteiger partial charge in [0.2, 0.25) is 0 Å². The second-order valence-corrected chi connectivity index (χ2v) is 10.2. The van der Waals surface area contributed by atoms with Crippen molar-refractivity contribution in [1.82, 2.24) is 29.9 Å². The van der Waals surface area contributed by atoms with Crippen LogP contribution in [0.3, 0.4) is 0 Å². The van der Waals surface area contributed by atoms with Gasteiger partial charge in [-0.1, -0.05) is 24.3 Å². The Bertz CT molecular complexity index is 1340. The van der Waals surface area contributed by atoms with E-state index < -0.39 is 11.9 Å². The smallest absolute Gasteiger partial charge is 0.354 e. The van der Waals surface area contributed by atoms with Crippen molar-refractivity contribution < 1.29 is 13.2 Å². The molecule has 0 unspecified atom stereocenters. The molecule has 1 fully saturated rings. The van der Waals surface area contributed by atoms with Crippen molar-refractivity contribution in [3.8, 4) is 11.4 Å². The van der Waals surface area contributed by atoms with Gasteiger partial charge in [0.05, 0.1) is 15.6 Å². The highest BCUT2D eigenvalue weighted by Crippen LogP contribution is 2.36. The first-order valence-electron chi connectivity index (χ1n) is 11.4. The van der Waals surface area contributed by atoms with Crippen LogP contribution in [0, 0.1) is 6.92 Å². The number of rotatable bonds is 5. The Kier molecular flexibility index (Phi) is 6.22. The standard InChI is InChI=1S/C24H26F3N7S/c1-15-29-22(24(25,26)27)20(35-15)14-32(2)16-9-12-34(13-10-16)23-18-7-5-4-6-17(18)21(30-31-23)19-8-11-28-33(19)3/h4-8,11,16H,9-10,12-14H2,1-3H3. The number of hydrogen-bond donors (Lipinski definition) is 0. The number of thiazole rings is 1. The van der Waals surface area contributed by atoms with Gasteiger partial charge in [-0.3, -0.25) is 9.58 Å². The van der Waals surface area contributed by atoms with Crippen molar-refractivity contribution >= 4 is 27.9 Å². The molecule has 4 aromatic rings. The van der Waals surface area contributed by atoms with Gasteiger partial charge in [0.25, 0.3) is 0 Å². The minimum absolute atomic E-state index is 0.183. The molecule has 184 valence electrons. The van der Waals surface area contributed by atoms with E-state index in [0.717, 1.165) is 65.2 Å². The van der Waals surface area contributed by atoms with Crippen molar-refractivity contribution in [2.24, 2.45) is 7.05 Å². The Labute approximate surface area is 205 Å². The molecule has 1 aromatic carbocycles. The van der Waals surface area contributed by atoms with Gasteiger partial charge in [-0.25, -0.2) is 4.98 Å². The fourth-order valence-corrected chi connectivity index (χ4v) is 5.81. The van der Waals surface area contributed by atoms with E-state index in [4.69, 9.17) is 0 Å². The summed E-state index contributed by atoms with van der Waals surface area (Å²) < 4.78 is 41.9. The molecule has 35 heavy (non-hydrogen) atoms. The number of halogens is 3. The molecular weight excluding hydrogens is 475 g/mol. The Hall–Kier alpha value is -3.05. The van der Waals surface area contributed by atoms with Crippen LogP contribution in [0.4, 0.5) is 19.0 Å². The molecule has 3 aromatic heterocycles. The van der Waals surface area contributed by atoms with E-state index in [9.17, 15) is 13.2 Å². The van der Waals surface area contributed by atoms with Crippen LogP contribution in [0.25, 0.3) is 22.2 Å². The Morgan fingerprint density at radius 3 is 2.46 bits per heavy atom. The Balaban J connectivity index is 1.32. The number of hydrogen-bond acceptors (Lipinski definition) is 7. The predicted molar refractivity (Wildman–Crippen MR) is 130 cm³/mol. The van der Waals surface area contributed by atoms with Crippen LogP contribution in [0.15, 0.2) is 36.5 Å². The van der Waals surface area contributed by atoms with Gasteiger partial charge >= 0.3 is 6.18 Å². The number of nitrogens with zero attached hydrogens (tertiary/aromatic N) is 7. The predicted octanol–water partition coefficient (Wildman–Crippen LogP) is 4.91. The van der Waals surface area contributed by atoms with Gasteiger partial charge in [-0.05, 0) is 32.9 Å². The quantitative estimate of drug-likeness (QED) is 0.387. The lowest BCUT2D eigenvalue weighted by atomic mass is 10.0. The maximum absolute atomic E-state index is 13.4. The average molecular weight is 502 g/mol. The van der Waals surface area contributed by atoms with Crippen molar-refractivity contribution in [1.29, 1.82) is 0 Å². The largest absolute Gasteiger partial charge is 0.434 e. The van der Waals surface area contributed by atoms with Gasteiger partial charge in [0.15, 0.2) is 11.5 Å². The summed E-state index contributed by atoms with van der Waals surface area (Å²) in [6, 6.07) is 10.2. The lowest BCUT2D eigenvalue weighted by molar-refractivity contribution is -0.141. The van der Waals surface area contributed by atoms with Gasteiger partial charge < -0.3 is 4.90 Å². The molecule has 1 aliphatic rings.